The molecule has 3 heteroatoms. The van der Waals surface area contributed by atoms with Crippen LogP contribution >= 0.6 is 0 Å². The van der Waals surface area contributed by atoms with Crippen LogP contribution in [0.1, 0.15) is 32.0 Å². The summed E-state index contributed by atoms with van der Waals surface area (Å²) in [4.78, 5) is 16.9. The first kappa shape index (κ1) is 12.4. The van der Waals surface area contributed by atoms with Crippen molar-refractivity contribution < 1.29 is 4.79 Å². The lowest BCUT2D eigenvalue weighted by Gasteiger charge is -2.08. The number of para-hydroxylation sites is 2. The van der Waals surface area contributed by atoms with E-state index in [1.165, 1.54) is 6.42 Å². The first-order valence-electron chi connectivity index (χ1n) is 7.08. The van der Waals surface area contributed by atoms with E-state index in [0.717, 1.165) is 29.7 Å². The SMILES string of the molecule is CC1CCC(C(=O)Cc2nc3ccccc3n2C)C1. The van der Waals surface area contributed by atoms with Gasteiger partial charge in [0.1, 0.15) is 11.6 Å². The molecule has 1 saturated carbocycles. The van der Waals surface area contributed by atoms with Crippen LogP contribution in [-0.4, -0.2) is 15.3 Å². The first-order chi connectivity index (χ1) is 9.15. The second-order valence-corrected chi connectivity index (χ2v) is 5.83. The number of aryl methyl sites for hydroxylation is 1. The molecule has 0 saturated heterocycles. The number of ketones is 1. The Morgan fingerprint density at radius 1 is 1.37 bits per heavy atom. The summed E-state index contributed by atoms with van der Waals surface area (Å²) in [5.41, 5.74) is 2.08. The van der Waals surface area contributed by atoms with E-state index in [9.17, 15) is 4.79 Å². The lowest BCUT2D eigenvalue weighted by Crippen LogP contribution is -2.16. The minimum atomic E-state index is 0.259. The maximum absolute atomic E-state index is 12.3. The molecular formula is C16H20N2O. The van der Waals surface area contributed by atoms with Gasteiger partial charge in [-0.2, -0.15) is 0 Å². The Morgan fingerprint density at radius 2 is 2.16 bits per heavy atom. The molecule has 1 aromatic heterocycles. The van der Waals surface area contributed by atoms with Crippen molar-refractivity contribution in [2.75, 3.05) is 0 Å². The van der Waals surface area contributed by atoms with Gasteiger partial charge in [0.2, 0.25) is 0 Å². The highest BCUT2D eigenvalue weighted by Gasteiger charge is 2.28. The van der Waals surface area contributed by atoms with Crippen molar-refractivity contribution in [1.82, 2.24) is 9.55 Å². The quantitative estimate of drug-likeness (QED) is 0.845. The molecule has 3 nitrogen and oxygen atoms in total. The largest absolute Gasteiger partial charge is 0.331 e. The normalized spacial score (nSPS) is 23.1. The average Bonchev–Trinajstić information content (AvgIpc) is 2.96. The number of nitrogens with zero attached hydrogens (tertiary/aromatic N) is 2. The Bertz CT molecular complexity index is 614. The molecule has 19 heavy (non-hydrogen) atoms. The number of fused-ring (bicyclic) bond motifs is 1. The number of aromatic nitrogens is 2. The maximum atomic E-state index is 12.3. The minimum absolute atomic E-state index is 0.259. The fraction of sp³-hybridized carbons (Fsp3) is 0.500. The molecular weight excluding hydrogens is 236 g/mol. The van der Waals surface area contributed by atoms with Crippen molar-refractivity contribution in [2.24, 2.45) is 18.9 Å². The summed E-state index contributed by atoms with van der Waals surface area (Å²) in [5, 5.41) is 0. The zero-order valence-corrected chi connectivity index (χ0v) is 11.6. The Labute approximate surface area is 113 Å². The van der Waals surface area contributed by atoms with Crippen LogP contribution in [-0.2, 0) is 18.3 Å². The molecule has 0 aliphatic heterocycles. The highest BCUT2D eigenvalue weighted by atomic mass is 16.1. The smallest absolute Gasteiger partial charge is 0.143 e. The standard InChI is InChI=1S/C16H20N2O/c1-11-7-8-12(9-11)15(19)10-16-17-13-5-3-4-6-14(13)18(16)2/h3-6,11-12H,7-10H2,1-2H3. The van der Waals surface area contributed by atoms with Crippen LogP contribution in [0.15, 0.2) is 24.3 Å². The number of hydrogen-bond donors (Lipinski definition) is 0. The van der Waals surface area contributed by atoms with Gasteiger partial charge in [0.25, 0.3) is 0 Å². The second-order valence-electron chi connectivity index (χ2n) is 5.83. The average molecular weight is 256 g/mol. The molecule has 2 atom stereocenters. The number of rotatable bonds is 3. The van der Waals surface area contributed by atoms with Gasteiger partial charge in [-0.15, -0.1) is 0 Å². The van der Waals surface area contributed by atoms with Gasteiger partial charge in [0.15, 0.2) is 0 Å². The van der Waals surface area contributed by atoms with Crippen molar-refractivity contribution in [3.8, 4) is 0 Å². The van der Waals surface area contributed by atoms with E-state index < -0.39 is 0 Å². The van der Waals surface area contributed by atoms with E-state index in [-0.39, 0.29) is 5.92 Å². The van der Waals surface area contributed by atoms with Gasteiger partial charge in [-0.05, 0) is 37.3 Å². The molecule has 2 aromatic rings. The third-order valence-electron chi connectivity index (χ3n) is 4.36. The van der Waals surface area contributed by atoms with Gasteiger partial charge in [0, 0.05) is 13.0 Å². The van der Waals surface area contributed by atoms with E-state index >= 15 is 0 Å². The van der Waals surface area contributed by atoms with Gasteiger partial charge in [-0.1, -0.05) is 19.1 Å². The molecule has 1 aliphatic rings. The lowest BCUT2D eigenvalue weighted by molar-refractivity contribution is -0.122. The number of carbonyl (C=O) groups is 1. The van der Waals surface area contributed by atoms with E-state index in [1.54, 1.807) is 0 Å². The summed E-state index contributed by atoms with van der Waals surface area (Å²) in [6.07, 6.45) is 3.79. The maximum Gasteiger partial charge on any atom is 0.143 e. The topological polar surface area (TPSA) is 34.9 Å². The van der Waals surface area contributed by atoms with E-state index in [4.69, 9.17) is 0 Å². The molecule has 2 unspecified atom stereocenters. The number of Topliss-reactive ketones (excluding diaryl/α,β-unsaturated/α-hetero) is 1. The second kappa shape index (κ2) is 4.80. The molecule has 0 amide bonds. The van der Waals surface area contributed by atoms with E-state index in [0.29, 0.717) is 18.1 Å². The van der Waals surface area contributed by atoms with Crippen LogP contribution in [0.2, 0.25) is 0 Å². The third kappa shape index (κ3) is 2.29. The number of carbonyl (C=O) groups excluding carboxylic acids is 1. The van der Waals surface area contributed by atoms with Crippen LogP contribution in [0, 0.1) is 11.8 Å². The molecule has 0 spiro atoms. The molecule has 1 fully saturated rings. The highest BCUT2D eigenvalue weighted by molar-refractivity contribution is 5.84. The van der Waals surface area contributed by atoms with Gasteiger partial charge >= 0.3 is 0 Å². The number of imidazole rings is 1. The summed E-state index contributed by atoms with van der Waals surface area (Å²) in [5.74, 6) is 2.22. The Balaban J connectivity index is 1.81. The molecule has 1 aromatic carbocycles. The molecule has 0 bridgehead atoms. The number of hydrogen-bond acceptors (Lipinski definition) is 2. The minimum Gasteiger partial charge on any atom is -0.331 e. The Kier molecular flexibility index (Phi) is 3.13. The molecule has 0 N–H and O–H groups in total. The van der Waals surface area contributed by atoms with Gasteiger partial charge < -0.3 is 4.57 Å². The van der Waals surface area contributed by atoms with Crippen molar-refractivity contribution in [3.63, 3.8) is 0 Å². The van der Waals surface area contributed by atoms with Crippen molar-refractivity contribution in [2.45, 2.75) is 32.6 Å². The van der Waals surface area contributed by atoms with Crippen molar-refractivity contribution >= 4 is 16.8 Å². The Hall–Kier alpha value is -1.64. The van der Waals surface area contributed by atoms with Gasteiger partial charge in [0.05, 0.1) is 17.5 Å². The van der Waals surface area contributed by atoms with Crippen LogP contribution in [0.5, 0.6) is 0 Å². The summed E-state index contributed by atoms with van der Waals surface area (Å²) < 4.78 is 2.05. The Morgan fingerprint density at radius 3 is 2.84 bits per heavy atom. The highest BCUT2D eigenvalue weighted by Crippen LogP contribution is 2.31. The summed E-state index contributed by atoms with van der Waals surface area (Å²) in [7, 11) is 2.00. The zero-order chi connectivity index (χ0) is 13.4. The fourth-order valence-corrected chi connectivity index (χ4v) is 3.15. The van der Waals surface area contributed by atoms with Crippen LogP contribution < -0.4 is 0 Å². The number of benzene rings is 1. The molecule has 0 radical (unpaired) electrons. The zero-order valence-electron chi connectivity index (χ0n) is 11.6. The van der Waals surface area contributed by atoms with Gasteiger partial charge in [-0.25, -0.2) is 4.98 Å². The van der Waals surface area contributed by atoms with E-state index in [2.05, 4.69) is 11.9 Å². The lowest BCUT2D eigenvalue weighted by atomic mass is 9.98. The molecule has 100 valence electrons. The summed E-state index contributed by atoms with van der Waals surface area (Å²) >= 11 is 0. The summed E-state index contributed by atoms with van der Waals surface area (Å²) in [6, 6.07) is 8.04. The fourth-order valence-electron chi connectivity index (χ4n) is 3.15. The van der Waals surface area contributed by atoms with E-state index in [1.807, 2.05) is 35.9 Å². The molecule has 1 aliphatic carbocycles. The monoisotopic (exact) mass is 256 g/mol. The summed E-state index contributed by atoms with van der Waals surface area (Å²) in [6.45, 7) is 2.24. The predicted octanol–water partition coefficient (Wildman–Crippen LogP) is 3.12. The van der Waals surface area contributed by atoms with Crippen molar-refractivity contribution in [3.05, 3.63) is 30.1 Å². The molecule has 3 rings (SSSR count). The van der Waals surface area contributed by atoms with Crippen molar-refractivity contribution in [1.29, 1.82) is 0 Å². The van der Waals surface area contributed by atoms with Crippen LogP contribution in [0.25, 0.3) is 11.0 Å². The third-order valence-corrected chi connectivity index (χ3v) is 4.36. The predicted molar refractivity (Wildman–Crippen MR) is 75.9 cm³/mol. The van der Waals surface area contributed by atoms with Crippen LogP contribution in [0.4, 0.5) is 0 Å². The molecule has 1 heterocycles. The van der Waals surface area contributed by atoms with Crippen LogP contribution in [0.3, 0.4) is 0 Å². The van der Waals surface area contributed by atoms with Gasteiger partial charge in [-0.3, -0.25) is 4.79 Å². The first-order valence-corrected chi connectivity index (χ1v) is 7.08.